The molecule has 0 spiro atoms. The summed E-state index contributed by atoms with van der Waals surface area (Å²) in [6.07, 6.45) is 4.53. The maximum atomic E-state index is 11.0. The van der Waals surface area contributed by atoms with Crippen LogP contribution in [0.4, 0.5) is 11.1 Å². The molecule has 1 amide bonds. The number of carbonyl (C=O) groups is 1. The number of amides is 1. The van der Waals surface area contributed by atoms with Crippen molar-refractivity contribution in [3.8, 4) is 0 Å². The minimum Gasteiger partial charge on any atom is -0.350 e. The first-order valence-corrected chi connectivity index (χ1v) is 8.05. The van der Waals surface area contributed by atoms with Crippen LogP contribution in [0.3, 0.4) is 0 Å². The van der Waals surface area contributed by atoms with Gasteiger partial charge < -0.3 is 10.6 Å². The highest BCUT2D eigenvalue weighted by Crippen LogP contribution is 2.20. The summed E-state index contributed by atoms with van der Waals surface area (Å²) >= 11 is 1.46. The van der Waals surface area contributed by atoms with Gasteiger partial charge in [-0.2, -0.15) is 0 Å². The van der Waals surface area contributed by atoms with Gasteiger partial charge in [0, 0.05) is 50.4 Å². The Morgan fingerprint density at radius 2 is 2.27 bits per heavy atom. The van der Waals surface area contributed by atoms with E-state index < -0.39 is 0 Å². The first kappa shape index (κ1) is 14.9. The van der Waals surface area contributed by atoms with Crippen molar-refractivity contribution in [2.24, 2.45) is 0 Å². The van der Waals surface area contributed by atoms with Crippen molar-refractivity contribution >= 4 is 28.3 Å². The average Bonchev–Trinajstić information content (AvgIpc) is 3.10. The molecule has 3 heterocycles. The summed E-state index contributed by atoms with van der Waals surface area (Å²) in [4.78, 5) is 26.2. The van der Waals surface area contributed by atoms with E-state index in [1.807, 2.05) is 5.38 Å². The van der Waals surface area contributed by atoms with Crippen LogP contribution in [0, 0.1) is 0 Å². The predicted octanol–water partition coefficient (Wildman–Crippen LogP) is 1.58. The number of hydrogen-bond donors (Lipinski definition) is 2. The average molecular weight is 318 g/mol. The SMILES string of the molecule is CC(=O)Nc1nc(CN2CCC(Nc3ncccn3)C2)cs1. The van der Waals surface area contributed by atoms with E-state index in [4.69, 9.17) is 0 Å². The molecule has 1 atom stereocenters. The third-order valence-electron chi connectivity index (χ3n) is 3.39. The Labute approximate surface area is 132 Å². The van der Waals surface area contributed by atoms with Gasteiger partial charge in [0.1, 0.15) is 0 Å². The van der Waals surface area contributed by atoms with Crippen molar-refractivity contribution in [2.45, 2.75) is 25.9 Å². The number of aromatic nitrogens is 3. The smallest absolute Gasteiger partial charge is 0.223 e. The molecule has 0 bridgehead atoms. The van der Waals surface area contributed by atoms with Crippen molar-refractivity contribution in [1.29, 1.82) is 0 Å². The van der Waals surface area contributed by atoms with Crippen LogP contribution in [-0.2, 0) is 11.3 Å². The molecule has 1 fully saturated rings. The summed E-state index contributed by atoms with van der Waals surface area (Å²) in [5.41, 5.74) is 0.991. The number of anilines is 2. The third kappa shape index (κ3) is 3.99. The fourth-order valence-corrected chi connectivity index (χ4v) is 3.21. The summed E-state index contributed by atoms with van der Waals surface area (Å²) in [5, 5.41) is 8.72. The van der Waals surface area contributed by atoms with Gasteiger partial charge >= 0.3 is 0 Å². The van der Waals surface area contributed by atoms with E-state index in [-0.39, 0.29) is 5.91 Å². The number of thiazole rings is 1. The highest BCUT2D eigenvalue weighted by molar-refractivity contribution is 7.13. The molecule has 116 valence electrons. The molecule has 1 aliphatic heterocycles. The van der Waals surface area contributed by atoms with E-state index in [0.717, 1.165) is 31.7 Å². The van der Waals surface area contributed by atoms with Gasteiger partial charge in [-0.25, -0.2) is 15.0 Å². The lowest BCUT2D eigenvalue weighted by molar-refractivity contribution is -0.114. The molecular weight excluding hydrogens is 300 g/mol. The van der Waals surface area contributed by atoms with E-state index in [9.17, 15) is 4.79 Å². The summed E-state index contributed by atoms with van der Waals surface area (Å²) < 4.78 is 0. The highest BCUT2D eigenvalue weighted by atomic mass is 32.1. The molecule has 0 aliphatic carbocycles. The number of likely N-dealkylation sites (tertiary alicyclic amines) is 1. The zero-order valence-corrected chi connectivity index (χ0v) is 13.1. The Kier molecular flexibility index (Phi) is 4.59. The zero-order valence-electron chi connectivity index (χ0n) is 12.3. The van der Waals surface area contributed by atoms with Crippen LogP contribution in [0.15, 0.2) is 23.8 Å². The van der Waals surface area contributed by atoms with E-state index >= 15 is 0 Å². The van der Waals surface area contributed by atoms with Crippen LogP contribution >= 0.6 is 11.3 Å². The fourth-order valence-electron chi connectivity index (χ4n) is 2.47. The van der Waals surface area contributed by atoms with Gasteiger partial charge in [0.15, 0.2) is 5.13 Å². The van der Waals surface area contributed by atoms with Crippen LogP contribution < -0.4 is 10.6 Å². The molecule has 3 rings (SSSR count). The predicted molar refractivity (Wildman–Crippen MR) is 85.8 cm³/mol. The molecular formula is C14H18N6OS. The molecule has 0 aromatic carbocycles. The largest absolute Gasteiger partial charge is 0.350 e. The van der Waals surface area contributed by atoms with E-state index in [1.54, 1.807) is 18.5 Å². The van der Waals surface area contributed by atoms with E-state index in [0.29, 0.717) is 17.1 Å². The molecule has 7 nitrogen and oxygen atoms in total. The molecule has 1 aliphatic rings. The van der Waals surface area contributed by atoms with Crippen molar-refractivity contribution < 1.29 is 4.79 Å². The lowest BCUT2D eigenvalue weighted by atomic mass is 10.3. The minimum absolute atomic E-state index is 0.0887. The molecule has 2 aromatic heterocycles. The zero-order chi connectivity index (χ0) is 15.4. The van der Waals surface area contributed by atoms with Crippen LogP contribution in [0.25, 0.3) is 0 Å². The number of hydrogen-bond acceptors (Lipinski definition) is 7. The molecule has 8 heteroatoms. The van der Waals surface area contributed by atoms with Crippen LogP contribution in [0.2, 0.25) is 0 Å². The van der Waals surface area contributed by atoms with Crippen molar-refractivity contribution in [3.63, 3.8) is 0 Å². The molecule has 0 saturated carbocycles. The number of nitrogens with zero attached hydrogens (tertiary/aromatic N) is 4. The maximum Gasteiger partial charge on any atom is 0.223 e. The van der Waals surface area contributed by atoms with Gasteiger partial charge in [-0.15, -0.1) is 11.3 Å². The maximum absolute atomic E-state index is 11.0. The van der Waals surface area contributed by atoms with Gasteiger partial charge in [0.05, 0.1) is 5.69 Å². The van der Waals surface area contributed by atoms with Gasteiger partial charge in [-0.1, -0.05) is 0 Å². The highest BCUT2D eigenvalue weighted by Gasteiger charge is 2.23. The number of nitrogens with one attached hydrogen (secondary N) is 2. The minimum atomic E-state index is -0.0887. The summed E-state index contributed by atoms with van der Waals surface area (Å²) in [5.74, 6) is 0.588. The monoisotopic (exact) mass is 318 g/mol. The number of carbonyl (C=O) groups excluding carboxylic acids is 1. The first-order chi connectivity index (χ1) is 10.7. The van der Waals surface area contributed by atoms with Crippen LogP contribution in [0.5, 0.6) is 0 Å². The van der Waals surface area contributed by atoms with E-state index in [1.165, 1.54) is 18.3 Å². The Bertz CT molecular complexity index is 631. The van der Waals surface area contributed by atoms with Gasteiger partial charge in [0.25, 0.3) is 0 Å². The topological polar surface area (TPSA) is 83.0 Å². The van der Waals surface area contributed by atoms with Crippen LogP contribution in [-0.4, -0.2) is 44.9 Å². The Hall–Kier alpha value is -2.06. The fraction of sp³-hybridized carbons (Fsp3) is 0.429. The number of rotatable bonds is 5. The molecule has 1 unspecified atom stereocenters. The molecule has 22 heavy (non-hydrogen) atoms. The summed E-state index contributed by atoms with van der Waals surface area (Å²) in [6, 6.07) is 2.16. The van der Waals surface area contributed by atoms with Crippen LogP contribution in [0.1, 0.15) is 19.0 Å². The standard InChI is InChI=1S/C14H18N6OS/c1-10(21)17-14-19-12(9-22-14)8-20-6-3-11(7-20)18-13-15-4-2-5-16-13/h2,4-5,9,11H,3,6-8H2,1H3,(H,15,16,18)(H,17,19,21). The molecule has 2 aromatic rings. The van der Waals surface area contributed by atoms with Gasteiger partial charge in [0.2, 0.25) is 11.9 Å². The Balaban J connectivity index is 1.50. The second-order valence-corrected chi connectivity index (χ2v) is 6.12. The molecule has 1 saturated heterocycles. The van der Waals surface area contributed by atoms with Crippen molar-refractivity contribution in [1.82, 2.24) is 19.9 Å². The van der Waals surface area contributed by atoms with Crippen molar-refractivity contribution in [2.75, 3.05) is 23.7 Å². The van der Waals surface area contributed by atoms with Gasteiger partial charge in [-0.3, -0.25) is 9.69 Å². The quantitative estimate of drug-likeness (QED) is 0.871. The van der Waals surface area contributed by atoms with Crippen molar-refractivity contribution in [3.05, 3.63) is 29.5 Å². The third-order valence-corrected chi connectivity index (χ3v) is 4.20. The summed E-state index contributed by atoms with van der Waals surface area (Å²) in [6.45, 7) is 4.23. The van der Waals surface area contributed by atoms with Gasteiger partial charge in [-0.05, 0) is 12.5 Å². The Morgan fingerprint density at radius 1 is 1.45 bits per heavy atom. The summed E-state index contributed by atoms with van der Waals surface area (Å²) in [7, 11) is 0. The second kappa shape index (κ2) is 6.80. The van der Waals surface area contributed by atoms with E-state index in [2.05, 4.69) is 30.5 Å². The second-order valence-electron chi connectivity index (χ2n) is 5.26. The molecule has 2 N–H and O–H groups in total. The Morgan fingerprint density at radius 3 is 3.05 bits per heavy atom. The first-order valence-electron chi connectivity index (χ1n) is 7.17. The lowest BCUT2D eigenvalue weighted by Gasteiger charge is -2.15. The normalized spacial score (nSPS) is 18.3. The molecule has 0 radical (unpaired) electrons. The lowest BCUT2D eigenvalue weighted by Crippen LogP contribution is -2.26.